The predicted octanol–water partition coefficient (Wildman–Crippen LogP) is -4.44. The standard InChI is InChI=1S/C50H78O25/c51-18-35-40(62)42(64)44(66)48(72-35)70-33-16-25(53)15-32-26(33)17-34(45(69-32)23-6-10-28(55)30(57)14-23)71-50-47(43(65)41(63)36(73-50)20-67-37(59)11-4-21-1-7-24(52)8-2-21)75-49-46(39(61)31(58)19-68-49)74-38(60)12-5-22-3-9-27(54)29(56)13-22/h4-5,11-12,21-36,39-58,61-66H,1-3,6-10,13-20H2/t21?,22?,23?,24?,25?,26?,27?,28?,29?,30?,31-,32?,33?,34?,35-,36-,39+,40-,41-,42+,43+,44-,45?,46-,47-,48-,49+,50-/m1/s1. The molecule has 428 valence electrons. The van der Waals surface area contributed by atoms with Gasteiger partial charge in [0.2, 0.25) is 0 Å². The summed E-state index contributed by atoms with van der Waals surface area (Å²) < 4.78 is 55.0. The zero-order chi connectivity index (χ0) is 53.8. The largest absolute Gasteiger partial charge is 0.460 e. The van der Waals surface area contributed by atoms with Crippen molar-refractivity contribution in [2.45, 2.75) is 231 Å². The molecule has 25 heteroatoms. The first kappa shape index (κ1) is 58.7. The minimum Gasteiger partial charge on any atom is -0.460 e. The van der Waals surface area contributed by atoms with Gasteiger partial charge in [0, 0.05) is 24.5 Å². The molecule has 0 aromatic rings. The first-order valence-electron chi connectivity index (χ1n) is 26.5. The Hall–Kier alpha value is -2.42. The molecule has 0 bridgehead atoms. The van der Waals surface area contributed by atoms with Crippen LogP contribution in [0.2, 0.25) is 0 Å². The zero-order valence-electron chi connectivity index (χ0n) is 41.5. The van der Waals surface area contributed by atoms with Gasteiger partial charge in [-0.15, -0.1) is 0 Å². The van der Waals surface area contributed by atoms with E-state index in [1.807, 2.05) is 0 Å². The number of aliphatic hydroxyl groups is 14. The quantitative estimate of drug-likeness (QED) is 0.0543. The highest BCUT2D eigenvalue weighted by Crippen LogP contribution is 2.45. The number of esters is 2. The smallest absolute Gasteiger partial charge is 0.330 e. The van der Waals surface area contributed by atoms with E-state index in [1.165, 1.54) is 12.2 Å². The molecule has 8 rings (SSSR count). The Morgan fingerprint density at radius 3 is 1.84 bits per heavy atom. The van der Waals surface area contributed by atoms with Crippen LogP contribution >= 0.6 is 0 Å². The Labute approximate surface area is 433 Å². The minimum absolute atomic E-state index is 0.00154. The first-order valence-corrected chi connectivity index (χ1v) is 26.5. The fourth-order valence-corrected chi connectivity index (χ4v) is 12.0. The van der Waals surface area contributed by atoms with Crippen molar-refractivity contribution in [2.75, 3.05) is 19.8 Å². The SMILES string of the molecule is O=C(C=CC1CCC(O)CC1)OC[C@H]1O[C@@H](OC2CC3C(CC(O)CC3O[C@@H]3O[C@H](CO)[C@@H](O)[C@H](O)[C@H]3O)OC2C2CCC(O)C(O)C2)[C@H](O[C@@H]2OC[C@@H](O)[C@H](O)[C@H]2OC(=O)C=CC2CCC(O)C(O)C2)[C@@H](O)[C@@H]1O. The van der Waals surface area contributed by atoms with Crippen LogP contribution in [0.4, 0.5) is 0 Å². The molecule has 25 nitrogen and oxygen atoms in total. The van der Waals surface area contributed by atoms with E-state index in [2.05, 4.69) is 0 Å². The van der Waals surface area contributed by atoms with Crippen molar-refractivity contribution in [3.05, 3.63) is 24.3 Å². The summed E-state index contributed by atoms with van der Waals surface area (Å²) in [4.78, 5) is 26.4. The molecule has 8 fully saturated rings. The van der Waals surface area contributed by atoms with Crippen molar-refractivity contribution in [2.24, 2.45) is 23.7 Å². The predicted molar refractivity (Wildman–Crippen MR) is 249 cm³/mol. The molecule has 14 N–H and O–H groups in total. The van der Waals surface area contributed by atoms with E-state index in [4.69, 9.17) is 42.6 Å². The number of rotatable bonds is 15. The Balaban J connectivity index is 1.06. The topological polar surface area (TPSA) is 400 Å². The lowest BCUT2D eigenvalue weighted by Crippen LogP contribution is -2.65. The lowest BCUT2D eigenvalue weighted by molar-refractivity contribution is -0.373. The van der Waals surface area contributed by atoms with E-state index in [0.29, 0.717) is 38.5 Å². The van der Waals surface area contributed by atoms with Gasteiger partial charge in [0.15, 0.2) is 25.0 Å². The second kappa shape index (κ2) is 26.2. The minimum atomic E-state index is -1.97. The van der Waals surface area contributed by atoms with Gasteiger partial charge in [-0.3, -0.25) is 0 Å². The average molecular weight is 1080 g/mol. The van der Waals surface area contributed by atoms with Gasteiger partial charge in [-0.2, -0.15) is 0 Å². The summed E-state index contributed by atoms with van der Waals surface area (Å²) in [6.07, 6.45) is -23.9. The third-order valence-corrected chi connectivity index (χ3v) is 16.5. The molecule has 4 heterocycles. The van der Waals surface area contributed by atoms with Crippen LogP contribution in [-0.2, 0) is 52.2 Å². The molecule has 0 radical (unpaired) electrons. The van der Waals surface area contributed by atoms with Gasteiger partial charge in [0.05, 0.1) is 74.3 Å². The van der Waals surface area contributed by atoms with Gasteiger partial charge >= 0.3 is 11.9 Å². The summed E-state index contributed by atoms with van der Waals surface area (Å²) in [6.45, 7) is -1.91. The van der Waals surface area contributed by atoms with Crippen molar-refractivity contribution in [3.8, 4) is 0 Å². The Kier molecular flexibility index (Phi) is 20.5. The molecule has 4 aliphatic heterocycles. The van der Waals surface area contributed by atoms with Crippen LogP contribution in [0.3, 0.4) is 0 Å². The van der Waals surface area contributed by atoms with Gasteiger partial charge in [-0.25, -0.2) is 9.59 Å². The molecule has 0 aromatic heterocycles. The summed E-state index contributed by atoms with van der Waals surface area (Å²) in [6, 6.07) is 0. The van der Waals surface area contributed by atoms with E-state index in [0.717, 1.165) is 6.08 Å². The van der Waals surface area contributed by atoms with Gasteiger partial charge in [0.25, 0.3) is 0 Å². The Morgan fingerprint density at radius 1 is 0.493 bits per heavy atom. The van der Waals surface area contributed by atoms with Crippen LogP contribution in [0.1, 0.15) is 83.5 Å². The normalized spacial score (nSPS) is 49.0. The maximum atomic E-state index is 13.3. The highest BCUT2D eigenvalue weighted by Gasteiger charge is 2.56. The van der Waals surface area contributed by atoms with Crippen molar-refractivity contribution in [3.63, 3.8) is 0 Å². The zero-order valence-corrected chi connectivity index (χ0v) is 41.5. The third kappa shape index (κ3) is 14.3. The van der Waals surface area contributed by atoms with Gasteiger partial charge in [-0.05, 0) is 94.8 Å². The molecule has 0 amide bonds. The molecule has 8 aliphatic rings. The first-order chi connectivity index (χ1) is 35.8. The Bertz CT molecular complexity index is 1890. The Morgan fingerprint density at radius 2 is 1.13 bits per heavy atom. The van der Waals surface area contributed by atoms with E-state index in [9.17, 15) is 81.1 Å². The highest BCUT2D eigenvalue weighted by molar-refractivity contribution is 5.82. The number of ether oxygens (including phenoxy) is 9. The van der Waals surface area contributed by atoms with Crippen LogP contribution in [0, 0.1) is 23.7 Å². The van der Waals surface area contributed by atoms with Crippen LogP contribution < -0.4 is 0 Å². The van der Waals surface area contributed by atoms with E-state index < -0.39 is 191 Å². The molecule has 26 atom stereocenters. The van der Waals surface area contributed by atoms with E-state index >= 15 is 0 Å². The lowest BCUT2D eigenvalue weighted by atomic mass is 9.72. The number of allylic oxidation sites excluding steroid dienone is 2. The second-order valence-corrected chi connectivity index (χ2v) is 21.8. The molecule has 4 saturated carbocycles. The van der Waals surface area contributed by atoms with E-state index in [-0.39, 0.29) is 56.8 Å². The molecule has 0 aromatic carbocycles. The third-order valence-electron chi connectivity index (χ3n) is 16.5. The maximum Gasteiger partial charge on any atom is 0.330 e. The number of hydrogen-bond acceptors (Lipinski definition) is 25. The number of fused-ring (bicyclic) bond motifs is 1. The fraction of sp³-hybridized carbons (Fsp3) is 0.880. The number of carbonyl (C=O) groups is 2. The van der Waals surface area contributed by atoms with Gasteiger partial charge in [0.1, 0.15) is 67.6 Å². The van der Waals surface area contributed by atoms with E-state index in [1.54, 1.807) is 6.08 Å². The summed E-state index contributed by atoms with van der Waals surface area (Å²) in [7, 11) is 0. The number of aliphatic hydroxyl groups excluding tert-OH is 14. The number of carbonyl (C=O) groups excluding carboxylic acids is 2. The summed E-state index contributed by atoms with van der Waals surface area (Å²) in [5.41, 5.74) is 0. The van der Waals surface area contributed by atoms with Crippen molar-refractivity contribution in [1.29, 1.82) is 0 Å². The van der Waals surface area contributed by atoms with Crippen LogP contribution in [0.5, 0.6) is 0 Å². The van der Waals surface area contributed by atoms with Crippen molar-refractivity contribution >= 4 is 11.9 Å². The van der Waals surface area contributed by atoms with Gasteiger partial charge < -0.3 is 114 Å². The molecule has 4 saturated heterocycles. The van der Waals surface area contributed by atoms with Crippen molar-refractivity contribution < 1.29 is 124 Å². The highest BCUT2D eigenvalue weighted by atomic mass is 16.8. The van der Waals surface area contributed by atoms with Crippen molar-refractivity contribution in [1.82, 2.24) is 0 Å². The summed E-state index contributed by atoms with van der Waals surface area (Å²) in [5.74, 6) is -3.30. The molecule has 75 heavy (non-hydrogen) atoms. The van der Waals surface area contributed by atoms with Gasteiger partial charge in [-0.1, -0.05) is 12.2 Å². The summed E-state index contributed by atoms with van der Waals surface area (Å²) >= 11 is 0. The average Bonchev–Trinajstić information content (AvgIpc) is 3.39. The van der Waals surface area contributed by atoms with Crippen LogP contribution in [0.25, 0.3) is 0 Å². The molecule has 4 aliphatic carbocycles. The monoisotopic (exact) mass is 1080 g/mol. The number of hydrogen-bond donors (Lipinski definition) is 14. The summed E-state index contributed by atoms with van der Waals surface area (Å²) in [5, 5.41) is 150. The molecular formula is C50H78O25. The van der Waals surface area contributed by atoms with Crippen LogP contribution in [-0.4, -0.2) is 250 Å². The second-order valence-electron chi connectivity index (χ2n) is 21.8. The molecule has 0 spiro atoms. The van der Waals surface area contributed by atoms with Crippen LogP contribution in [0.15, 0.2) is 24.3 Å². The molecule has 12 unspecified atom stereocenters. The fourth-order valence-electron chi connectivity index (χ4n) is 12.0. The molecular weight excluding hydrogens is 1000 g/mol. The maximum absolute atomic E-state index is 13.3. The lowest BCUT2D eigenvalue weighted by Gasteiger charge is -2.53.